The summed E-state index contributed by atoms with van der Waals surface area (Å²) in [5.74, 6) is 0.835. The van der Waals surface area contributed by atoms with Gasteiger partial charge in [-0.25, -0.2) is 0 Å². The lowest BCUT2D eigenvalue weighted by Gasteiger charge is -2.09. The molecule has 0 fully saturated rings. The van der Waals surface area contributed by atoms with E-state index >= 15 is 0 Å². The Morgan fingerprint density at radius 3 is 2.64 bits per heavy atom. The van der Waals surface area contributed by atoms with Crippen molar-refractivity contribution in [2.24, 2.45) is 4.99 Å². The van der Waals surface area contributed by atoms with Crippen molar-refractivity contribution in [3.05, 3.63) is 76.6 Å². The maximum atomic E-state index is 6.14. The van der Waals surface area contributed by atoms with Crippen molar-refractivity contribution in [2.75, 3.05) is 6.61 Å². The Kier molecular flexibility index (Phi) is 5.25. The van der Waals surface area contributed by atoms with Crippen molar-refractivity contribution in [1.82, 2.24) is 4.57 Å². The standard InChI is InChI=1S/C21H21ClN2O/c1-4-25-21-10-6-8-19(13-21)23-14-17-11-15(2)24(16(17)3)20-9-5-7-18(22)12-20/h5-14H,4H2,1-3H3. The van der Waals surface area contributed by atoms with Gasteiger partial charge in [-0.1, -0.05) is 23.7 Å². The van der Waals surface area contributed by atoms with E-state index in [1.54, 1.807) is 0 Å². The molecule has 0 atom stereocenters. The maximum absolute atomic E-state index is 6.14. The van der Waals surface area contributed by atoms with Crippen LogP contribution in [0.5, 0.6) is 5.75 Å². The predicted octanol–water partition coefficient (Wildman–Crippen LogP) is 5.90. The first kappa shape index (κ1) is 17.3. The lowest BCUT2D eigenvalue weighted by Crippen LogP contribution is -1.99. The SMILES string of the molecule is CCOc1cccc(N=Cc2cc(C)n(-c3cccc(Cl)c3)c2C)c1. The third-order valence-electron chi connectivity index (χ3n) is 4.02. The van der Waals surface area contributed by atoms with Gasteiger partial charge in [-0.05, 0) is 57.2 Å². The van der Waals surface area contributed by atoms with Gasteiger partial charge >= 0.3 is 0 Å². The summed E-state index contributed by atoms with van der Waals surface area (Å²) in [7, 11) is 0. The highest BCUT2D eigenvalue weighted by molar-refractivity contribution is 6.30. The molecule has 0 bridgehead atoms. The van der Waals surface area contributed by atoms with Gasteiger partial charge in [0.15, 0.2) is 0 Å². The Labute approximate surface area is 153 Å². The lowest BCUT2D eigenvalue weighted by atomic mass is 10.2. The average molecular weight is 353 g/mol. The van der Waals surface area contributed by atoms with Crippen molar-refractivity contribution in [2.45, 2.75) is 20.8 Å². The monoisotopic (exact) mass is 352 g/mol. The highest BCUT2D eigenvalue weighted by Crippen LogP contribution is 2.24. The van der Waals surface area contributed by atoms with Crippen LogP contribution in [-0.2, 0) is 0 Å². The first-order chi connectivity index (χ1) is 12.1. The highest BCUT2D eigenvalue weighted by atomic mass is 35.5. The number of aryl methyl sites for hydroxylation is 1. The number of rotatable bonds is 5. The molecule has 0 aliphatic rings. The molecule has 0 radical (unpaired) electrons. The fourth-order valence-corrected chi connectivity index (χ4v) is 3.08. The van der Waals surface area contributed by atoms with Gasteiger partial charge in [0.05, 0.1) is 12.3 Å². The number of halogens is 1. The topological polar surface area (TPSA) is 26.5 Å². The van der Waals surface area contributed by atoms with Gasteiger partial charge in [0, 0.05) is 39.9 Å². The zero-order valence-electron chi connectivity index (χ0n) is 14.7. The van der Waals surface area contributed by atoms with Gasteiger partial charge in [-0.15, -0.1) is 0 Å². The summed E-state index contributed by atoms with van der Waals surface area (Å²) in [5, 5.41) is 0.730. The molecule has 0 unspecified atom stereocenters. The Bertz CT molecular complexity index is 912. The molecule has 2 aromatic carbocycles. The normalized spacial score (nSPS) is 11.2. The molecule has 3 rings (SSSR count). The van der Waals surface area contributed by atoms with Crippen LogP contribution < -0.4 is 4.74 Å². The molecule has 128 valence electrons. The van der Waals surface area contributed by atoms with Gasteiger partial charge in [-0.3, -0.25) is 4.99 Å². The summed E-state index contributed by atoms with van der Waals surface area (Å²) in [6.07, 6.45) is 1.90. The van der Waals surface area contributed by atoms with Crippen LogP contribution in [0.4, 0.5) is 5.69 Å². The molecular formula is C21H21ClN2O. The van der Waals surface area contributed by atoms with Gasteiger partial charge < -0.3 is 9.30 Å². The van der Waals surface area contributed by atoms with Crippen molar-refractivity contribution in [3.63, 3.8) is 0 Å². The Morgan fingerprint density at radius 2 is 1.88 bits per heavy atom. The van der Waals surface area contributed by atoms with E-state index in [0.29, 0.717) is 6.61 Å². The average Bonchev–Trinajstić information content (AvgIpc) is 2.87. The van der Waals surface area contributed by atoms with Crippen molar-refractivity contribution >= 4 is 23.5 Å². The third-order valence-corrected chi connectivity index (χ3v) is 4.25. The molecule has 1 aromatic heterocycles. The lowest BCUT2D eigenvalue weighted by molar-refractivity contribution is 0.340. The minimum absolute atomic E-state index is 0.647. The number of hydrogen-bond donors (Lipinski definition) is 0. The summed E-state index contributed by atoms with van der Waals surface area (Å²) < 4.78 is 7.71. The van der Waals surface area contributed by atoms with E-state index in [9.17, 15) is 0 Å². The number of ether oxygens (including phenoxy) is 1. The molecule has 3 nitrogen and oxygen atoms in total. The zero-order chi connectivity index (χ0) is 17.8. The van der Waals surface area contributed by atoms with Crippen molar-refractivity contribution in [3.8, 4) is 11.4 Å². The first-order valence-electron chi connectivity index (χ1n) is 8.30. The van der Waals surface area contributed by atoms with E-state index in [1.165, 1.54) is 0 Å². The summed E-state index contributed by atoms with van der Waals surface area (Å²) >= 11 is 6.14. The molecule has 25 heavy (non-hydrogen) atoms. The number of hydrogen-bond acceptors (Lipinski definition) is 2. The van der Waals surface area contributed by atoms with Gasteiger partial charge in [0.25, 0.3) is 0 Å². The largest absolute Gasteiger partial charge is 0.494 e. The Morgan fingerprint density at radius 1 is 1.08 bits per heavy atom. The van der Waals surface area contributed by atoms with E-state index in [4.69, 9.17) is 16.3 Å². The predicted molar refractivity (Wildman–Crippen MR) is 105 cm³/mol. The third kappa shape index (κ3) is 3.94. The molecule has 1 heterocycles. The van der Waals surface area contributed by atoms with Crippen LogP contribution in [0.2, 0.25) is 5.02 Å². The first-order valence-corrected chi connectivity index (χ1v) is 8.68. The van der Waals surface area contributed by atoms with Crippen LogP contribution in [0.15, 0.2) is 59.6 Å². The van der Waals surface area contributed by atoms with Crippen LogP contribution in [-0.4, -0.2) is 17.4 Å². The Hall–Kier alpha value is -2.52. The number of nitrogens with zero attached hydrogens (tertiary/aromatic N) is 2. The van der Waals surface area contributed by atoms with Gasteiger partial charge in [0.2, 0.25) is 0 Å². The van der Waals surface area contributed by atoms with Crippen LogP contribution >= 0.6 is 11.6 Å². The maximum Gasteiger partial charge on any atom is 0.121 e. The van der Waals surface area contributed by atoms with Gasteiger partial charge in [0.1, 0.15) is 5.75 Å². The smallest absolute Gasteiger partial charge is 0.121 e. The molecule has 0 N–H and O–H groups in total. The second-order valence-corrected chi connectivity index (χ2v) is 6.27. The highest BCUT2D eigenvalue weighted by Gasteiger charge is 2.09. The molecule has 3 aromatic rings. The van der Waals surface area contributed by atoms with Crippen LogP contribution in [0.3, 0.4) is 0 Å². The van der Waals surface area contributed by atoms with E-state index in [0.717, 1.165) is 39.1 Å². The zero-order valence-corrected chi connectivity index (χ0v) is 15.4. The van der Waals surface area contributed by atoms with Crippen LogP contribution in [0.1, 0.15) is 23.9 Å². The van der Waals surface area contributed by atoms with E-state index < -0.39 is 0 Å². The van der Waals surface area contributed by atoms with Crippen LogP contribution in [0, 0.1) is 13.8 Å². The fraction of sp³-hybridized carbons (Fsp3) is 0.190. The molecule has 4 heteroatoms. The minimum Gasteiger partial charge on any atom is -0.494 e. The summed E-state index contributed by atoms with van der Waals surface area (Å²) in [5.41, 5.74) is 5.28. The van der Waals surface area contributed by atoms with E-state index in [1.807, 2.05) is 55.6 Å². The second-order valence-electron chi connectivity index (χ2n) is 5.83. The fourth-order valence-electron chi connectivity index (χ4n) is 2.90. The quantitative estimate of drug-likeness (QED) is 0.525. The molecule has 0 aliphatic heterocycles. The summed E-state index contributed by atoms with van der Waals surface area (Å²) in [6.45, 7) is 6.79. The molecule has 0 spiro atoms. The number of benzene rings is 2. The number of aliphatic imine (C=N–C) groups is 1. The molecule has 0 saturated carbocycles. The van der Waals surface area contributed by atoms with E-state index in [2.05, 4.69) is 35.5 Å². The molecule has 0 aliphatic carbocycles. The van der Waals surface area contributed by atoms with E-state index in [-0.39, 0.29) is 0 Å². The molecule has 0 saturated heterocycles. The molecular weight excluding hydrogens is 332 g/mol. The summed E-state index contributed by atoms with van der Waals surface area (Å²) in [6, 6.07) is 17.8. The second kappa shape index (κ2) is 7.58. The van der Waals surface area contributed by atoms with Crippen LogP contribution in [0.25, 0.3) is 5.69 Å². The minimum atomic E-state index is 0.647. The van der Waals surface area contributed by atoms with Crippen molar-refractivity contribution < 1.29 is 4.74 Å². The Balaban J connectivity index is 1.92. The molecule has 0 amide bonds. The van der Waals surface area contributed by atoms with Gasteiger partial charge in [-0.2, -0.15) is 0 Å². The summed E-state index contributed by atoms with van der Waals surface area (Å²) in [4.78, 5) is 4.60. The van der Waals surface area contributed by atoms with Crippen molar-refractivity contribution in [1.29, 1.82) is 0 Å². The number of aromatic nitrogens is 1.